The number of thioether (sulfide) groups is 1. The first-order valence-corrected chi connectivity index (χ1v) is 7.29. The Balaban J connectivity index is 1.99. The number of ether oxygens (including phenoxy) is 1. The fourth-order valence-corrected chi connectivity index (χ4v) is 2.78. The Morgan fingerprint density at radius 1 is 1.10 bits per heavy atom. The zero-order valence-electron chi connectivity index (χ0n) is 11.6. The van der Waals surface area contributed by atoms with E-state index < -0.39 is 6.36 Å². The minimum absolute atomic E-state index is 0.199. The lowest BCUT2D eigenvalue weighted by atomic mass is 10.1. The van der Waals surface area contributed by atoms with Crippen molar-refractivity contribution in [2.75, 3.05) is 0 Å². The van der Waals surface area contributed by atoms with Gasteiger partial charge in [0, 0.05) is 10.6 Å². The average molecular weight is 311 g/mol. The fraction of sp³-hybridized carbons (Fsp3) is 0.250. The van der Waals surface area contributed by atoms with E-state index in [1.165, 1.54) is 23.3 Å². The van der Waals surface area contributed by atoms with Crippen LogP contribution in [0.1, 0.15) is 16.7 Å². The zero-order valence-corrected chi connectivity index (χ0v) is 12.4. The molecule has 0 saturated heterocycles. The van der Waals surface area contributed by atoms with Crippen molar-refractivity contribution in [3.8, 4) is 5.75 Å². The largest absolute Gasteiger partial charge is 0.573 e. The maximum absolute atomic E-state index is 12.1. The molecule has 2 aromatic rings. The molecule has 0 saturated carbocycles. The van der Waals surface area contributed by atoms with Crippen LogP contribution >= 0.6 is 11.8 Å². The summed E-state index contributed by atoms with van der Waals surface area (Å²) in [6, 6.07) is 13.0. The summed E-state index contributed by atoms with van der Waals surface area (Å²) in [7, 11) is 0. The molecule has 0 N–H and O–H groups in total. The van der Waals surface area contributed by atoms with E-state index in [9.17, 15) is 13.2 Å². The Morgan fingerprint density at radius 3 is 2.38 bits per heavy atom. The second kappa shape index (κ2) is 6.43. The highest BCUT2D eigenvalue weighted by Crippen LogP contribution is 2.28. The van der Waals surface area contributed by atoms with Crippen LogP contribution in [0.4, 0.5) is 13.2 Å². The van der Waals surface area contributed by atoms with E-state index in [0.29, 0.717) is 5.75 Å². The Kier molecular flexibility index (Phi) is 4.83. The number of hydrogen-bond donors (Lipinski definition) is 0. The SMILES string of the molecule is Cc1cc[c]c(SCc2ccc(OC(F)(F)F)cc2)c1C. The standard InChI is InChI=1S/C16H14F3OS/c1-11-4-3-5-15(12(11)2)21-10-13-6-8-14(9-7-13)20-16(17,18)19/h3-4,6-9H,10H2,1-2H3. The average Bonchev–Trinajstić information content (AvgIpc) is 2.40. The summed E-state index contributed by atoms with van der Waals surface area (Å²) in [4.78, 5) is 1.06. The molecule has 0 heterocycles. The van der Waals surface area contributed by atoms with Crippen LogP contribution < -0.4 is 4.74 Å². The van der Waals surface area contributed by atoms with Crippen LogP contribution in [0.15, 0.2) is 41.3 Å². The minimum Gasteiger partial charge on any atom is -0.406 e. The molecule has 1 radical (unpaired) electrons. The van der Waals surface area contributed by atoms with Crippen LogP contribution in [0.25, 0.3) is 0 Å². The lowest BCUT2D eigenvalue weighted by Gasteiger charge is -2.10. The quantitative estimate of drug-likeness (QED) is 0.709. The lowest BCUT2D eigenvalue weighted by molar-refractivity contribution is -0.274. The fourth-order valence-electron chi connectivity index (χ4n) is 1.75. The summed E-state index contributed by atoms with van der Waals surface area (Å²) < 4.78 is 40.0. The monoisotopic (exact) mass is 311 g/mol. The number of aryl methyl sites for hydroxylation is 1. The number of benzene rings is 2. The van der Waals surface area contributed by atoms with Crippen molar-refractivity contribution in [1.29, 1.82) is 0 Å². The van der Waals surface area contributed by atoms with Gasteiger partial charge in [-0.1, -0.05) is 24.3 Å². The van der Waals surface area contributed by atoms with Crippen molar-refractivity contribution in [1.82, 2.24) is 0 Å². The number of halogens is 3. The third-order valence-electron chi connectivity index (χ3n) is 3.02. The summed E-state index contributed by atoms with van der Waals surface area (Å²) in [6.07, 6.45) is -4.65. The van der Waals surface area contributed by atoms with Gasteiger partial charge in [0.25, 0.3) is 0 Å². The second-order valence-electron chi connectivity index (χ2n) is 4.60. The molecule has 0 spiro atoms. The van der Waals surface area contributed by atoms with Crippen LogP contribution in [0.2, 0.25) is 0 Å². The molecule has 0 atom stereocenters. The van der Waals surface area contributed by atoms with Gasteiger partial charge in [-0.15, -0.1) is 24.9 Å². The minimum atomic E-state index is -4.65. The zero-order chi connectivity index (χ0) is 15.5. The second-order valence-corrected chi connectivity index (χ2v) is 5.58. The lowest BCUT2D eigenvalue weighted by Crippen LogP contribution is -2.16. The van der Waals surface area contributed by atoms with Gasteiger partial charge in [-0.3, -0.25) is 0 Å². The van der Waals surface area contributed by atoms with Gasteiger partial charge in [-0.2, -0.15) is 0 Å². The highest BCUT2D eigenvalue weighted by molar-refractivity contribution is 7.98. The van der Waals surface area contributed by atoms with E-state index in [0.717, 1.165) is 10.5 Å². The van der Waals surface area contributed by atoms with Crippen molar-refractivity contribution in [3.63, 3.8) is 0 Å². The summed E-state index contributed by atoms with van der Waals surface area (Å²) in [6.45, 7) is 4.07. The van der Waals surface area contributed by atoms with E-state index in [1.807, 2.05) is 26.0 Å². The molecule has 0 fully saturated rings. The first kappa shape index (κ1) is 15.8. The van der Waals surface area contributed by atoms with E-state index >= 15 is 0 Å². The summed E-state index contributed by atoms with van der Waals surface area (Å²) in [5, 5.41) is 0. The first-order chi connectivity index (χ1) is 9.85. The number of alkyl halides is 3. The van der Waals surface area contributed by atoms with Gasteiger partial charge in [-0.05, 0) is 48.7 Å². The van der Waals surface area contributed by atoms with Crippen LogP contribution in [0.3, 0.4) is 0 Å². The predicted octanol–water partition coefficient (Wildman–Crippen LogP) is 5.29. The van der Waals surface area contributed by atoms with Crippen LogP contribution in [0, 0.1) is 19.9 Å². The Hall–Kier alpha value is -1.62. The summed E-state index contributed by atoms with van der Waals surface area (Å²) >= 11 is 1.61. The van der Waals surface area contributed by atoms with Crippen molar-refractivity contribution in [3.05, 3.63) is 59.2 Å². The predicted molar refractivity (Wildman–Crippen MR) is 77.4 cm³/mol. The molecule has 0 aliphatic rings. The molecule has 2 rings (SSSR count). The smallest absolute Gasteiger partial charge is 0.406 e. The molecule has 0 aliphatic carbocycles. The molecular weight excluding hydrogens is 297 g/mol. The van der Waals surface area contributed by atoms with Gasteiger partial charge in [-0.25, -0.2) is 0 Å². The normalized spacial score (nSPS) is 11.5. The number of hydrogen-bond acceptors (Lipinski definition) is 2. The van der Waals surface area contributed by atoms with E-state index in [2.05, 4.69) is 10.8 Å². The molecule has 111 valence electrons. The van der Waals surface area contributed by atoms with E-state index in [1.54, 1.807) is 23.9 Å². The molecule has 1 nitrogen and oxygen atoms in total. The van der Waals surface area contributed by atoms with Crippen molar-refractivity contribution >= 4 is 11.8 Å². The molecule has 0 amide bonds. The molecule has 0 bridgehead atoms. The number of rotatable bonds is 4. The molecule has 0 aromatic heterocycles. The van der Waals surface area contributed by atoms with E-state index in [-0.39, 0.29) is 5.75 Å². The summed E-state index contributed by atoms with van der Waals surface area (Å²) in [5.41, 5.74) is 3.31. The van der Waals surface area contributed by atoms with Gasteiger partial charge >= 0.3 is 6.36 Å². The highest BCUT2D eigenvalue weighted by Gasteiger charge is 2.30. The molecule has 0 unspecified atom stereocenters. The first-order valence-electron chi connectivity index (χ1n) is 6.30. The molecule has 5 heteroatoms. The van der Waals surface area contributed by atoms with Gasteiger partial charge in [0.2, 0.25) is 0 Å². The Labute approximate surface area is 126 Å². The third-order valence-corrected chi connectivity index (χ3v) is 4.21. The van der Waals surface area contributed by atoms with Gasteiger partial charge in [0.15, 0.2) is 0 Å². The van der Waals surface area contributed by atoms with Crippen LogP contribution in [-0.2, 0) is 5.75 Å². The molecular formula is C16H14F3OS. The molecule has 2 aromatic carbocycles. The van der Waals surface area contributed by atoms with E-state index in [4.69, 9.17) is 0 Å². The van der Waals surface area contributed by atoms with Crippen molar-refractivity contribution in [2.24, 2.45) is 0 Å². The third kappa shape index (κ3) is 4.70. The Bertz CT molecular complexity index is 606. The molecule has 0 aliphatic heterocycles. The van der Waals surface area contributed by atoms with Crippen LogP contribution in [0.5, 0.6) is 5.75 Å². The Morgan fingerprint density at radius 2 is 1.76 bits per heavy atom. The molecule has 21 heavy (non-hydrogen) atoms. The topological polar surface area (TPSA) is 9.23 Å². The maximum atomic E-state index is 12.1. The van der Waals surface area contributed by atoms with Gasteiger partial charge in [0.1, 0.15) is 5.75 Å². The van der Waals surface area contributed by atoms with Gasteiger partial charge in [0.05, 0.1) is 0 Å². The summed E-state index contributed by atoms with van der Waals surface area (Å²) in [5.74, 6) is 0.474. The van der Waals surface area contributed by atoms with Crippen LogP contribution in [-0.4, -0.2) is 6.36 Å². The maximum Gasteiger partial charge on any atom is 0.573 e. The van der Waals surface area contributed by atoms with Crippen molar-refractivity contribution in [2.45, 2.75) is 30.9 Å². The van der Waals surface area contributed by atoms with Gasteiger partial charge < -0.3 is 4.74 Å². The highest BCUT2D eigenvalue weighted by atomic mass is 32.2. The van der Waals surface area contributed by atoms with Crippen molar-refractivity contribution < 1.29 is 17.9 Å².